The first-order valence-electron chi connectivity index (χ1n) is 8.58. The van der Waals surface area contributed by atoms with Gasteiger partial charge in [-0.1, -0.05) is 6.58 Å². The van der Waals surface area contributed by atoms with E-state index in [2.05, 4.69) is 26.6 Å². The van der Waals surface area contributed by atoms with Gasteiger partial charge in [0.25, 0.3) is 5.91 Å². The second-order valence-corrected chi connectivity index (χ2v) is 6.40. The molecule has 0 spiro atoms. The number of rotatable bonds is 5. The molecule has 0 unspecified atom stereocenters. The zero-order chi connectivity index (χ0) is 23.7. The molecule has 0 saturated carbocycles. The van der Waals surface area contributed by atoms with Gasteiger partial charge in [0.05, 0.1) is 23.9 Å². The van der Waals surface area contributed by atoms with E-state index in [9.17, 15) is 31.1 Å². The molecule has 2 N–H and O–H groups in total. The number of carbonyl (C=O) groups is 1. The van der Waals surface area contributed by atoms with Crippen LogP contribution in [0.3, 0.4) is 0 Å². The molecule has 0 fully saturated rings. The van der Waals surface area contributed by atoms with Gasteiger partial charge >= 0.3 is 12.4 Å². The first kappa shape index (κ1) is 22.9. The highest BCUT2D eigenvalue weighted by molar-refractivity contribution is 6.03. The van der Waals surface area contributed by atoms with Crippen LogP contribution >= 0.6 is 0 Å². The Morgan fingerprint density at radius 2 is 1.66 bits per heavy atom. The predicted molar refractivity (Wildman–Crippen MR) is 98.3 cm³/mol. The number of anilines is 1. The highest BCUT2D eigenvalue weighted by Gasteiger charge is 2.37. The van der Waals surface area contributed by atoms with Crippen LogP contribution in [0.15, 0.2) is 55.3 Å². The lowest BCUT2D eigenvalue weighted by molar-refractivity contribution is -0.143. The average Bonchev–Trinajstić information content (AvgIpc) is 3.20. The SMILES string of the molecule is C=C(Cn1cnc(-c2cc(C(F)(F)F)cc(C(F)(F)F)c2)n1)C(=O)N(N)c1cnccn1. The van der Waals surface area contributed by atoms with E-state index in [1.165, 1.54) is 18.6 Å². The van der Waals surface area contributed by atoms with Crippen LogP contribution in [0.4, 0.5) is 32.2 Å². The summed E-state index contributed by atoms with van der Waals surface area (Å²) in [6, 6.07) is 1.01. The summed E-state index contributed by atoms with van der Waals surface area (Å²) in [6.45, 7) is 3.28. The van der Waals surface area contributed by atoms with Crippen molar-refractivity contribution in [3.8, 4) is 11.4 Å². The van der Waals surface area contributed by atoms with Gasteiger partial charge in [0, 0.05) is 23.5 Å². The number of nitrogens with zero attached hydrogens (tertiary/aromatic N) is 6. The smallest absolute Gasteiger partial charge is 0.267 e. The summed E-state index contributed by atoms with van der Waals surface area (Å²) in [5.74, 6) is 4.53. The number of halogens is 6. The monoisotopic (exact) mass is 457 g/mol. The molecule has 0 atom stereocenters. The van der Waals surface area contributed by atoms with Crippen molar-refractivity contribution in [1.29, 1.82) is 0 Å². The number of alkyl halides is 6. The molecule has 14 heteroatoms. The molecule has 3 rings (SSSR count). The number of amides is 1. The lowest BCUT2D eigenvalue weighted by atomic mass is 10.0. The van der Waals surface area contributed by atoms with Crippen molar-refractivity contribution in [2.75, 3.05) is 5.01 Å². The second-order valence-electron chi connectivity index (χ2n) is 6.40. The predicted octanol–water partition coefficient (Wildman–Crippen LogP) is 3.24. The molecule has 3 aromatic rings. The summed E-state index contributed by atoms with van der Waals surface area (Å²) in [6.07, 6.45) is -5.09. The van der Waals surface area contributed by atoms with Gasteiger partial charge in [-0.2, -0.15) is 31.4 Å². The molecule has 2 aromatic heterocycles. The second kappa shape index (κ2) is 8.37. The molecule has 1 amide bonds. The Balaban J connectivity index is 1.84. The van der Waals surface area contributed by atoms with Gasteiger partial charge in [-0.05, 0) is 18.2 Å². The first-order valence-corrected chi connectivity index (χ1v) is 8.58. The van der Waals surface area contributed by atoms with Crippen LogP contribution in [-0.4, -0.2) is 30.6 Å². The van der Waals surface area contributed by atoms with Gasteiger partial charge in [-0.15, -0.1) is 0 Å². The molecule has 1 aromatic carbocycles. The van der Waals surface area contributed by atoms with Crippen molar-refractivity contribution in [2.24, 2.45) is 5.84 Å². The summed E-state index contributed by atoms with van der Waals surface area (Å²) in [4.78, 5) is 23.7. The van der Waals surface area contributed by atoms with Crippen LogP contribution in [0, 0.1) is 0 Å². The summed E-state index contributed by atoms with van der Waals surface area (Å²) in [5, 5.41) is 4.53. The molecule has 2 heterocycles. The van der Waals surface area contributed by atoms with E-state index in [0.29, 0.717) is 17.1 Å². The fourth-order valence-corrected chi connectivity index (χ4v) is 2.54. The molecular weight excluding hydrogens is 444 g/mol. The van der Waals surface area contributed by atoms with Crippen molar-refractivity contribution >= 4 is 11.7 Å². The largest absolute Gasteiger partial charge is 0.416 e. The van der Waals surface area contributed by atoms with E-state index in [1.807, 2.05) is 0 Å². The van der Waals surface area contributed by atoms with E-state index in [4.69, 9.17) is 5.84 Å². The van der Waals surface area contributed by atoms with Gasteiger partial charge in [0.15, 0.2) is 11.6 Å². The topological polar surface area (TPSA) is 103 Å². The lowest BCUT2D eigenvalue weighted by Gasteiger charge is -2.16. The van der Waals surface area contributed by atoms with E-state index in [0.717, 1.165) is 11.0 Å². The first-order chi connectivity index (χ1) is 14.9. The van der Waals surface area contributed by atoms with Gasteiger partial charge < -0.3 is 0 Å². The lowest BCUT2D eigenvalue weighted by Crippen LogP contribution is -2.39. The highest BCUT2D eigenvalue weighted by Crippen LogP contribution is 2.38. The standard InChI is InChI=1S/C18H13F6N7O/c1-10(16(32)31(25)14-7-26-2-3-27-14)8-30-9-28-15(29-30)11-4-12(17(19,20)21)6-13(5-11)18(22,23)24/h2-7,9H,1,8,25H2. The van der Waals surface area contributed by atoms with Crippen LogP contribution in [0.2, 0.25) is 0 Å². The molecule has 32 heavy (non-hydrogen) atoms. The minimum absolute atomic E-state index is 0.00329. The van der Waals surface area contributed by atoms with Gasteiger partial charge in [-0.25, -0.2) is 25.5 Å². The maximum Gasteiger partial charge on any atom is 0.416 e. The van der Waals surface area contributed by atoms with Crippen molar-refractivity contribution in [3.63, 3.8) is 0 Å². The summed E-state index contributed by atoms with van der Waals surface area (Å²) in [7, 11) is 0. The number of carbonyl (C=O) groups excluding carboxylic acids is 1. The average molecular weight is 457 g/mol. The Morgan fingerprint density at radius 1 is 1.03 bits per heavy atom. The third-order valence-electron chi connectivity index (χ3n) is 4.05. The zero-order valence-corrected chi connectivity index (χ0v) is 15.9. The van der Waals surface area contributed by atoms with E-state index in [-0.39, 0.29) is 24.0 Å². The number of nitrogens with two attached hydrogens (primary N) is 1. The summed E-state index contributed by atoms with van der Waals surface area (Å²) >= 11 is 0. The van der Waals surface area contributed by atoms with Crippen LogP contribution in [0.5, 0.6) is 0 Å². The van der Waals surface area contributed by atoms with Gasteiger partial charge in [0.2, 0.25) is 0 Å². The van der Waals surface area contributed by atoms with Crippen LogP contribution in [0.1, 0.15) is 11.1 Å². The molecular formula is C18H13F6N7O. The molecule has 0 saturated heterocycles. The van der Waals surface area contributed by atoms with Crippen LogP contribution in [0.25, 0.3) is 11.4 Å². The number of hydrogen-bond donors (Lipinski definition) is 1. The van der Waals surface area contributed by atoms with Crippen molar-refractivity contribution in [2.45, 2.75) is 18.9 Å². The Hall–Kier alpha value is -3.81. The normalized spacial score (nSPS) is 12.0. The fourth-order valence-electron chi connectivity index (χ4n) is 2.54. The molecule has 0 aliphatic carbocycles. The van der Waals surface area contributed by atoms with E-state index >= 15 is 0 Å². The summed E-state index contributed by atoms with van der Waals surface area (Å²) in [5.41, 5.74) is -3.60. The zero-order valence-electron chi connectivity index (χ0n) is 15.9. The van der Waals surface area contributed by atoms with E-state index < -0.39 is 40.8 Å². The van der Waals surface area contributed by atoms with Crippen molar-refractivity contribution in [3.05, 3.63) is 66.4 Å². The maximum atomic E-state index is 13.0. The highest BCUT2D eigenvalue weighted by atomic mass is 19.4. The number of hydrazine groups is 1. The number of aromatic nitrogens is 5. The summed E-state index contributed by atoms with van der Waals surface area (Å²) < 4.78 is 79.3. The Bertz CT molecular complexity index is 1110. The van der Waals surface area contributed by atoms with Crippen LogP contribution in [-0.2, 0) is 23.7 Å². The van der Waals surface area contributed by atoms with Crippen molar-refractivity contribution in [1.82, 2.24) is 24.7 Å². The third kappa shape index (κ3) is 5.08. The Kier molecular flexibility index (Phi) is 5.98. The minimum Gasteiger partial charge on any atom is -0.267 e. The Morgan fingerprint density at radius 3 is 2.19 bits per heavy atom. The maximum absolute atomic E-state index is 13.0. The number of hydrogen-bond acceptors (Lipinski definition) is 6. The van der Waals surface area contributed by atoms with Gasteiger partial charge in [-0.3, -0.25) is 9.78 Å². The molecule has 0 aliphatic heterocycles. The molecule has 0 radical (unpaired) electrons. The third-order valence-corrected chi connectivity index (χ3v) is 4.05. The quantitative estimate of drug-likeness (QED) is 0.208. The number of benzene rings is 1. The van der Waals surface area contributed by atoms with Crippen molar-refractivity contribution < 1.29 is 31.1 Å². The molecule has 0 aliphatic rings. The van der Waals surface area contributed by atoms with Gasteiger partial charge in [0.1, 0.15) is 6.33 Å². The minimum atomic E-state index is -5.01. The fraction of sp³-hybridized carbons (Fsp3) is 0.167. The molecule has 0 bridgehead atoms. The van der Waals surface area contributed by atoms with E-state index in [1.54, 1.807) is 0 Å². The Labute approximate surface area is 176 Å². The molecule has 168 valence electrons. The molecule has 8 nitrogen and oxygen atoms in total. The van der Waals surface area contributed by atoms with Crippen LogP contribution < -0.4 is 10.9 Å².